The SMILES string of the molecule is CC/C=C\C(C(=O)Cn1c(=O)c2cc(CC(F)(F)F)sc2n(Cc2c(F)cc(-c3ccccc3C#N)cc2F)c1=O)=C(/C)OC. The highest BCUT2D eigenvalue weighted by Crippen LogP contribution is 2.31. The number of methoxy groups -OCH3 is 1. The van der Waals surface area contributed by atoms with Gasteiger partial charge in [0.25, 0.3) is 5.56 Å². The van der Waals surface area contributed by atoms with Crippen LogP contribution in [0.1, 0.15) is 36.3 Å². The molecule has 0 amide bonds. The maximum atomic E-state index is 15.5. The number of Topliss-reactive ketones (excluding diaryl/α,β-unsaturated/α-hetero) is 1. The van der Waals surface area contributed by atoms with Gasteiger partial charge in [-0.05, 0) is 48.7 Å². The molecule has 0 fully saturated rings. The number of fused-ring (bicyclic) bond motifs is 1. The monoisotopic (exact) mass is 643 g/mol. The zero-order valence-corrected chi connectivity index (χ0v) is 25.1. The number of benzene rings is 2. The molecule has 2 aromatic heterocycles. The van der Waals surface area contributed by atoms with Crippen LogP contribution in [-0.4, -0.2) is 28.2 Å². The van der Waals surface area contributed by atoms with Gasteiger partial charge in [0.1, 0.15) is 22.2 Å². The summed E-state index contributed by atoms with van der Waals surface area (Å²) in [6.07, 6.45) is -2.37. The summed E-state index contributed by atoms with van der Waals surface area (Å²) < 4.78 is 77.2. The summed E-state index contributed by atoms with van der Waals surface area (Å²) in [5.74, 6) is -2.69. The third-order valence-corrected chi connectivity index (χ3v) is 8.10. The van der Waals surface area contributed by atoms with Gasteiger partial charge < -0.3 is 4.74 Å². The van der Waals surface area contributed by atoms with Crippen molar-refractivity contribution >= 4 is 27.3 Å². The molecule has 0 atom stereocenters. The molecule has 13 heteroatoms. The van der Waals surface area contributed by atoms with Gasteiger partial charge in [-0.2, -0.15) is 18.4 Å². The molecular weight excluding hydrogens is 617 g/mol. The van der Waals surface area contributed by atoms with Crippen LogP contribution < -0.4 is 11.2 Å². The molecule has 2 heterocycles. The van der Waals surface area contributed by atoms with Crippen molar-refractivity contribution in [2.75, 3.05) is 7.11 Å². The van der Waals surface area contributed by atoms with Gasteiger partial charge in [-0.3, -0.25) is 18.7 Å². The highest BCUT2D eigenvalue weighted by molar-refractivity contribution is 7.18. The summed E-state index contributed by atoms with van der Waals surface area (Å²) in [5.41, 5.74) is -2.24. The van der Waals surface area contributed by atoms with Gasteiger partial charge >= 0.3 is 11.9 Å². The van der Waals surface area contributed by atoms with Gasteiger partial charge in [0.15, 0.2) is 5.78 Å². The molecule has 4 rings (SSSR count). The summed E-state index contributed by atoms with van der Waals surface area (Å²) >= 11 is 0.492. The smallest absolute Gasteiger partial charge is 0.393 e. The Labute approximate surface area is 257 Å². The predicted octanol–water partition coefficient (Wildman–Crippen LogP) is 6.65. The first-order chi connectivity index (χ1) is 21.3. The Bertz CT molecular complexity index is 1990. The lowest BCUT2D eigenvalue weighted by Crippen LogP contribution is -2.41. The summed E-state index contributed by atoms with van der Waals surface area (Å²) in [6, 6.07) is 11.0. The number of hydrogen-bond donors (Lipinski definition) is 0. The lowest BCUT2D eigenvalue weighted by Gasteiger charge is -2.14. The third-order valence-electron chi connectivity index (χ3n) is 6.94. The van der Waals surface area contributed by atoms with E-state index < -0.39 is 59.9 Å². The fraction of sp³-hybridized carbons (Fsp3) is 0.250. The van der Waals surface area contributed by atoms with Crippen LogP contribution >= 0.6 is 11.3 Å². The topological polar surface area (TPSA) is 94.1 Å². The Morgan fingerprint density at radius 2 is 1.76 bits per heavy atom. The fourth-order valence-electron chi connectivity index (χ4n) is 4.69. The minimum atomic E-state index is -4.64. The lowest BCUT2D eigenvalue weighted by atomic mass is 9.98. The Balaban J connectivity index is 1.90. The normalized spacial score (nSPS) is 12.4. The van der Waals surface area contributed by atoms with E-state index in [1.165, 1.54) is 32.2 Å². The molecule has 4 aromatic rings. The van der Waals surface area contributed by atoms with E-state index in [4.69, 9.17) is 4.74 Å². The van der Waals surface area contributed by atoms with Crippen LogP contribution in [0.25, 0.3) is 21.3 Å². The number of nitrogens with zero attached hydrogens (tertiary/aromatic N) is 3. The lowest BCUT2D eigenvalue weighted by molar-refractivity contribution is -0.126. The van der Waals surface area contributed by atoms with E-state index in [0.29, 0.717) is 22.3 Å². The van der Waals surface area contributed by atoms with E-state index in [-0.39, 0.29) is 43.1 Å². The number of aromatic nitrogens is 2. The number of allylic oxidation sites excluding steroid dienone is 4. The average Bonchev–Trinajstić information content (AvgIpc) is 3.40. The second-order valence-corrected chi connectivity index (χ2v) is 11.1. The predicted molar refractivity (Wildman–Crippen MR) is 160 cm³/mol. The van der Waals surface area contributed by atoms with Gasteiger partial charge in [0.05, 0.1) is 49.2 Å². The molecule has 0 bridgehead atoms. The number of halogens is 5. The van der Waals surface area contributed by atoms with Crippen molar-refractivity contribution in [3.8, 4) is 17.2 Å². The van der Waals surface area contributed by atoms with Gasteiger partial charge in [-0.15, -0.1) is 11.3 Å². The van der Waals surface area contributed by atoms with Crippen molar-refractivity contribution in [2.45, 2.75) is 46.0 Å². The minimum absolute atomic E-state index is 0.0514. The molecule has 2 aromatic carbocycles. The summed E-state index contributed by atoms with van der Waals surface area (Å²) in [7, 11) is 1.33. The van der Waals surface area contributed by atoms with E-state index >= 15 is 8.78 Å². The first-order valence-corrected chi connectivity index (χ1v) is 14.4. The third kappa shape index (κ3) is 7.12. The molecule has 0 aliphatic carbocycles. The van der Waals surface area contributed by atoms with E-state index in [1.54, 1.807) is 18.2 Å². The zero-order valence-electron chi connectivity index (χ0n) is 24.3. The van der Waals surface area contributed by atoms with E-state index in [2.05, 4.69) is 0 Å². The van der Waals surface area contributed by atoms with Crippen molar-refractivity contribution in [2.24, 2.45) is 0 Å². The van der Waals surface area contributed by atoms with Crippen LogP contribution in [0.4, 0.5) is 22.0 Å². The van der Waals surface area contributed by atoms with Crippen molar-refractivity contribution < 1.29 is 31.5 Å². The number of nitriles is 1. The molecular formula is C32H26F5N3O4S. The fourth-order valence-corrected chi connectivity index (χ4v) is 5.86. The largest absolute Gasteiger partial charge is 0.501 e. The highest BCUT2D eigenvalue weighted by Gasteiger charge is 2.30. The standard InChI is InChI=1S/C32H26F5N3O4S/c1-4-5-9-22(18(2)44-3)28(41)17-39-29(42)24-13-21(14-32(35,36)37)45-30(24)40(31(39)43)16-25-26(33)11-20(12-27(25)34)23-10-7-6-8-19(23)15-38/h5-13H,4,14,16-17H2,1-3H3/b9-5-,22-18-. The Kier molecular flexibility index (Phi) is 9.87. The number of ketones is 1. The van der Waals surface area contributed by atoms with Gasteiger partial charge in [0, 0.05) is 10.4 Å². The number of hydrogen-bond acceptors (Lipinski definition) is 6. The van der Waals surface area contributed by atoms with Gasteiger partial charge in [-0.25, -0.2) is 13.6 Å². The second kappa shape index (κ2) is 13.4. The van der Waals surface area contributed by atoms with Gasteiger partial charge in [-0.1, -0.05) is 37.3 Å². The maximum absolute atomic E-state index is 15.5. The number of rotatable bonds is 10. The number of carbonyl (C=O) groups is 1. The van der Waals surface area contributed by atoms with E-state index in [1.807, 2.05) is 13.0 Å². The molecule has 0 radical (unpaired) electrons. The quantitative estimate of drug-likeness (QED) is 0.0835. The molecule has 0 saturated heterocycles. The van der Waals surface area contributed by atoms with Crippen LogP contribution in [0.15, 0.2) is 75.5 Å². The molecule has 0 saturated carbocycles. The molecule has 0 aliphatic heterocycles. The van der Waals surface area contributed by atoms with Crippen LogP contribution in [0.2, 0.25) is 0 Å². The summed E-state index contributed by atoms with van der Waals surface area (Å²) in [5, 5.41) is 9.08. The highest BCUT2D eigenvalue weighted by atomic mass is 32.1. The average molecular weight is 644 g/mol. The second-order valence-electron chi connectivity index (χ2n) is 9.97. The Morgan fingerprint density at radius 3 is 2.36 bits per heavy atom. The number of carbonyl (C=O) groups excluding carboxylic acids is 1. The van der Waals surface area contributed by atoms with Gasteiger partial charge in [0.2, 0.25) is 0 Å². The van der Waals surface area contributed by atoms with Crippen molar-refractivity contribution in [3.63, 3.8) is 0 Å². The van der Waals surface area contributed by atoms with Crippen LogP contribution in [0, 0.1) is 23.0 Å². The van der Waals surface area contributed by atoms with E-state index in [0.717, 1.165) is 22.8 Å². The maximum Gasteiger partial charge on any atom is 0.393 e. The van der Waals surface area contributed by atoms with Crippen LogP contribution in [0.3, 0.4) is 0 Å². The number of thiophene rings is 1. The Hall–Kier alpha value is -4.83. The van der Waals surface area contributed by atoms with Crippen molar-refractivity contribution in [3.05, 3.63) is 114 Å². The first-order valence-electron chi connectivity index (χ1n) is 13.5. The first kappa shape index (κ1) is 33.1. The molecule has 0 N–H and O–H groups in total. The molecule has 0 aliphatic rings. The number of alkyl halides is 3. The minimum Gasteiger partial charge on any atom is -0.501 e. The Morgan fingerprint density at radius 1 is 1.09 bits per heavy atom. The van der Waals surface area contributed by atoms with E-state index in [9.17, 15) is 32.8 Å². The molecule has 7 nitrogen and oxygen atoms in total. The summed E-state index contributed by atoms with van der Waals surface area (Å²) in [6.45, 7) is 1.71. The molecule has 45 heavy (non-hydrogen) atoms. The van der Waals surface area contributed by atoms with Crippen LogP contribution in [0.5, 0.6) is 0 Å². The molecule has 0 spiro atoms. The van der Waals surface area contributed by atoms with Crippen LogP contribution in [-0.2, 0) is 29.0 Å². The summed E-state index contributed by atoms with van der Waals surface area (Å²) in [4.78, 5) is 39.9. The van der Waals surface area contributed by atoms with Crippen molar-refractivity contribution in [1.29, 1.82) is 5.26 Å². The molecule has 0 unspecified atom stereocenters. The molecule has 234 valence electrons. The number of ether oxygens (including phenoxy) is 1. The zero-order chi connectivity index (χ0) is 33.1. The van der Waals surface area contributed by atoms with Crippen molar-refractivity contribution in [1.82, 2.24) is 9.13 Å².